The third kappa shape index (κ3) is 2.16. The molecule has 0 aromatic carbocycles. The van der Waals surface area contributed by atoms with Gasteiger partial charge in [-0.3, -0.25) is 4.79 Å². The molecular formula is C11H14BrNO2. The van der Waals surface area contributed by atoms with Gasteiger partial charge >= 0.3 is 0 Å². The van der Waals surface area contributed by atoms with Crippen LogP contribution in [0.4, 0.5) is 0 Å². The van der Waals surface area contributed by atoms with Crippen LogP contribution in [0.1, 0.15) is 35.6 Å². The van der Waals surface area contributed by atoms with E-state index in [2.05, 4.69) is 27.9 Å². The molecule has 1 aliphatic rings. The monoisotopic (exact) mass is 271 g/mol. The molecule has 1 saturated heterocycles. The van der Waals surface area contributed by atoms with E-state index in [1.165, 1.54) is 6.92 Å². The van der Waals surface area contributed by atoms with Crippen molar-refractivity contribution in [3.8, 4) is 0 Å². The molecule has 4 heteroatoms. The van der Waals surface area contributed by atoms with Crippen LogP contribution >= 0.6 is 15.9 Å². The Balaban J connectivity index is 2.24. The van der Waals surface area contributed by atoms with Gasteiger partial charge in [-0.05, 0) is 35.9 Å². The van der Waals surface area contributed by atoms with Gasteiger partial charge in [0.25, 0.3) is 0 Å². The molecule has 0 radical (unpaired) electrons. The lowest BCUT2D eigenvalue weighted by Crippen LogP contribution is -2.13. The fourth-order valence-electron chi connectivity index (χ4n) is 1.98. The van der Waals surface area contributed by atoms with Crippen molar-refractivity contribution in [2.45, 2.75) is 19.3 Å². The van der Waals surface area contributed by atoms with E-state index in [9.17, 15) is 4.79 Å². The zero-order valence-corrected chi connectivity index (χ0v) is 10.5. The minimum atomic E-state index is -0.0201. The van der Waals surface area contributed by atoms with E-state index in [1.54, 1.807) is 6.07 Å². The fraction of sp³-hybridized carbons (Fsp3) is 0.545. The van der Waals surface area contributed by atoms with Crippen LogP contribution in [0.15, 0.2) is 15.0 Å². The highest BCUT2D eigenvalue weighted by atomic mass is 79.9. The molecular weight excluding hydrogens is 258 g/mol. The van der Waals surface area contributed by atoms with Crippen molar-refractivity contribution in [2.75, 3.05) is 20.1 Å². The number of nitrogens with zero attached hydrogens (tertiary/aromatic N) is 1. The fourth-order valence-corrected chi connectivity index (χ4v) is 2.60. The molecule has 0 N–H and O–H groups in total. The largest absolute Gasteiger partial charge is 0.456 e. The van der Waals surface area contributed by atoms with Crippen LogP contribution < -0.4 is 0 Å². The van der Waals surface area contributed by atoms with E-state index in [0.717, 1.165) is 29.7 Å². The molecule has 0 aliphatic carbocycles. The molecule has 0 amide bonds. The first-order chi connectivity index (χ1) is 7.08. The number of rotatable bonds is 2. The lowest BCUT2D eigenvalue weighted by molar-refractivity contribution is 0.0985. The Morgan fingerprint density at radius 3 is 2.87 bits per heavy atom. The van der Waals surface area contributed by atoms with Gasteiger partial charge in [0.15, 0.2) is 11.5 Å². The van der Waals surface area contributed by atoms with Crippen LogP contribution in [0.25, 0.3) is 0 Å². The summed E-state index contributed by atoms with van der Waals surface area (Å²) in [7, 11) is 2.10. The lowest BCUT2D eigenvalue weighted by Gasteiger charge is -2.07. The van der Waals surface area contributed by atoms with Crippen molar-refractivity contribution in [3.05, 3.63) is 22.1 Å². The number of carbonyl (C=O) groups excluding carboxylic acids is 1. The van der Waals surface area contributed by atoms with Gasteiger partial charge in [0, 0.05) is 25.5 Å². The molecule has 3 nitrogen and oxygen atoms in total. The number of ketones is 1. The first-order valence-electron chi connectivity index (χ1n) is 5.06. The van der Waals surface area contributed by atoms with E-state index < -0.39 is 0 Å². The molecule has 0 bridgehead atoms. The van der Waals surface area contributed by atoms with E-state index in [4.69, 9.17) is 4.42 Å². The minimum Gasteiger partial charge on any atom is -0.456 e. The zero-order valence-electron chi connectivity index (χ0n) is 8.92. The molecule has 1 fully saturated rings. The second kappa shape index (κ2) is 4.10. The average molecular weight is 272 g/mol. The number of hydrogen-bond acceptors (Lipinski definition) is 3. The maximum absolute atomic E-state index is 11.2. The van der Waals surface area contributed by atoms with Gasteiger partial charge in [-0.25, -0.2) is 0 Å². The van der Waals surface area contributed by atoms with E-state index in [1.807, 2.05) is 0 Å². The third-order valence-electron chi connectivity index (χ3n) is 2.82. The van der Waals surface area contributed by atoms with Crippen molar-refractivity contribution in [3.63, 3.8) is 0 Å². The van der Waals surface area contributed by atoms with Crippen molar-refractivity contribution in [2.24, 2.45) is 0 Å². The van der Waals surface area contributed by atoms with Gasteiger partial charge in [0.05, 0.1) is 4.47 Å². The topological polar surface area (TPSA) is 33.5 Å². The molecule has 1 unspecified atom stereocenters. The zero-order chi connectivity index (χ0) is 11.0. The van der Waals surface area contributed by atoms with Gasteiger partial charge in [-0.15, -0.1) is 0 Å². The predicted octanol–water partition coefficient (Wildman–Crippen LogP) is 2.66. The Morgan fingerprint density at radius 1 is 1.67 bits per heavy atom. The second-order valence-electron chi connectivity index (χ2n) is 4.13. The number of halogens is 1. The van der Waals surface area contributed by atoms with Crippen LogP contribution in [-0.2, 0) is 0 Å². The SMILES string of the molecule is CC(=O)c1cc(Br)c(C2CCN(C)C2)o1. The Hall–Kier alpha value is -0.610. The minimum absolute atomic E-state index is 0.0201. The molecule has 2 rings (SSSR count). The highest BCUT2D eigenvalue weighted by molar-refractivity contribution is 9.10. The summed E-state index contributed by atoms with van der Waals surface area (Å²) in [6.45, 7) is 3.62. The van der Waals surface area contributed by atoms with Gasteiger partial charge in [-0.2, -0.15) is 0 Å². The number of Topliss-reactive ketones (excluding diaryl/α,β-unsaturated/α-hetero) is 1. The normalized spacial score (nSPS) is 22.2. The quantitative estimate of drug-likeness (QED) is 0.776. The summed E-state index contributed by atoms with van der Waals surface area (Å²) in [5, 5.41) is 0. The molecule has 2 heterocycles. The lowest BCUT2D eigenvalue weighted by atomic mass is 10.1. The molecule has 15 heavy (non-hydrogen) atoms. The standard InChI is InChI=1S/C11H14BrNO2/c1-7(14)10-5-9(12)11(15-10)8-3-4-13(2)6-8/h5,8H,3-4,6H2,1-2H3. The van der Waals surface area contributed by atoms with Crippen LogP contribution in [-0.4, -0.2) is 30.8 Å². The summed E-state index contributed by atoms with van der Waals surface area (Å²) < 4.78 is 6.51. The number of likely N-dealkylation sites (N-methyl/N-ethyl adjacent to an activating group) is 1. The molecule has 0 saturated carbocycles. The average Bonchev–Trinajstić information content (AvgIpc) is 2.71. The Bertz CT molecular complexity index is 386. The highest BCUT2D eigenvalue weighted by Crippen LogP contribution is 2.34. The summed E-state index contributed by atoms with van der Waals surface area (Å²) in [6, 6.07) is 1.77. The molecule has 82 valence electrons. The van der Waals surface area contributed by atoms with Gasteiger partial charge in [0.2, 0.25) is 0 Å². The molecule has 1 atom stereocenters. The first kappa shape index (κ1) is 10.9. The maximum atomic E-state index is 11.2. The van der Waals surface area contributed by atoms with Crippen molar-refractivity contribution in [1.82, 2.24) is 4.90 Å². The van der Waals surface area contributed by atoms with E-state index >= 15 is 0 Å². The smallest absolute Gasteiger partial charge is 0.194 e. The summed E-state index contributed by atoms with van der Waals surface area (Å²) in [4.78, 5) is 13.4. The number of furan rings is 1. The number of hydrogen-bond donors (Lipinski definition) is 0. The first-order valence-corrected chi connectivity index (χ1v) is 5.86. The third-order valence-corrected chi connectivity index (χ3v) is 3.44. The second-order valence-corrected chi connectivity index (χ2v) is 4.98. The van der Waals surface area contributed by atoms with Crippen LogP contribution in [0, 0.1) is 0 Å². The van der Waals surface area contributed by atoms with E-state index in [-0.39, 0.29) is 5.78 Å². The molecule has 0 spiro atoms. The maximum Gasteiger partial charge on any atom is 0.194 e. The van der Waals surface area contributed by atoms with Crippen molar-refractivity contribution < 1.29 is 9.21 Å². The van der Waals surface area contributed by atoms with Gasteiger partial charge in [0.1, 0.15) is 5.76 Å². The molecule has 1 aliphatic heterocycles. The van der Waals surface area contributed by atoms with Crippen molar-refractivity contribution in [1.29, 1.82) is 0 Å². The Morgan fingerprint density at radius 2 is 2.40 bits per heavy atom. The van der Waals surface area contributed by atoms with Crippen LogP contribution in [0.2, 0.25) is 0 Å². The summed E-state index contributed by atoms with van der Waals surface area (Å²) in [5.41, 5.74) is 0. The van der Waals surface area contributed by atoms with Crippen molar-refractivity contribution >= 4 is 21.7 Å². The van der Waals surface area contributed by atoms with Gasteiger partial charge in [-0.1, -0.05) is 0 Å². The highest BCUT2D eigenvalue weighted by Gasteiger charge is 2.26. The predicted molar refractivity (Wildman–Crippen MR) is 61.3 cm³/mol. The van der Waals surface area contributed by atoms with Gasteiger partial charge < -0.3 is 9.32 Å². The Labute approximate surface area is 97.6 Å². The molecule has 1 aromatic rings. The Kier molecular flexibility index (Phi) is 2.98. The molecule has 1 aromatic heterocycles. The van der Waals surface area contributed by atoms with E-state index in [0.29, 0.717) is 11.7 Å². The van der Waals surface area contributed by atoms with Crippen LogP contribution in [0.3, 0.4) is 0 Å². The summed E-state index contributed by atoms with van der Waals surface area (Å²) >= 11 is 3.45. The number of likely N-dealkylation sites (tertiary alicyclic amines) is 1. The summed E-state index contributed by atoms with van der Waals surface area (Å²) in [6.07, 6.45) is 1.10. The summed E-state index contributed by atoms with van der Waals surface area (Å²) in [5.74, 6) is 1.77. The van der Waals surface area contributed by atoms with Crippen LogP contribution in [0.5, 0.6) is 0 Å². The number of carbonyl (C=O) groups is 1.